The van der Waals surface area contributed by atoms with Gasteiger partial charge in [-0.15, -0.1) is 0 Å². The first-order valence-corrected chi connectivity index (χ1v) is 7.75. The third-order valence-corrected chi connectivity index (χ3v) is 3.92. The minimum atomic E-state index is -0.202. The molecule has 1 unspecified atom stereocenters. The SMILES string of the molecule is O=C(NCC(c1ccccc1)N1CCOCC1)c1cnccn1. The zero-order valence-corrected chi connectivity index (χ0v) is 12.9. The fourth-order valence-corrected chi connectivity index (χ4v) is 2.72. The second-order valence-corrected chi connectivity index (χ2v) is 5.38. The van der Waals surface area contributed by atoms with Gasteiger partial charge in [-0.1, -0.05) is 30.3 Å². The molecule has 0 saturated carbocycles. The fourth-order valence-electron chi connectivity index (χ4n) is 2.72. The number of aromatic nitrogens is 2. The molecule has 0 bridgehead atoms. The Morgan fingerprint density at radius 2 is 2.00 bits per heavy atom. The summed E-state index contributed by atoms with van der Waals surface area (Å²) in [5.41, 5.74) is 1.52. The maximum atomic E-state index is 12.2. The number of hydrogen-bond donors (Lipinski definition) is 1. The quantitative estimate of drug-likeness (QED) is 0.901. The first-order chi connectivity index (χ1) is 11.3. The lowest BCUT2D eigenvalue weighted by atomic mass is 10.0. The number of nitrogens with one attached hydrogen (secondary N) is 1. The summed E-state index contributed by atoms with van der Waals surface area (Å²) in [5.74, 6) is -0.202. The van der Waals surface area contributed by atoms with Crippen molar-refractivity contribution in [3.05, 3.63) is 60.2 Å². The average molecular weight is 312 g/mol. The Morgan fingerprint density at radius 1 is 1.22 bits per heavy atom. The maximum Gasteiger partial charge on any atom is 0.271 e. The van der Waals surface area contributed by atoms with Gasteiger partial charge in [-0.25, -0.2) is 4.98 Å². The topological polar surface area (TPSA) is 67.4 Å². The van der Waals surface area contributed by atoms with Crippen molar-refractivity contribution in [2.75, 3.05) is 32.8 Å². The van der Waals surface area contributed by atoms with Gasteiger partial charge in [0.15, 0.2) is 0 Å². The zero-order chi connectivity index (χ0) is 15.9. The molecule has 1 N–H and O–H groups in total. The molecule has 1 atom stereocenters. The van der Waals surface area contributed by atoms with Crippen LogP contribution in [0.5, 0.6) is 0 Å². The predicted molar refractivity (Wildman–Crippen MR) is 85.9 cm³/mol. The molecule has 1 amide bonds. The highest BCUT2D eigenvalue weighted by molar-refractivity contribution is 5.91. The largest absolute Gasteiger partial charge is 0.379 e. The molecule has 23 heavy (non-hydrogen) atoms. The van der Waals surface area contributed by atoms with E-state index >= 15 is 0 Å². The van der Waals surface area contributed by atoms with Gasteiger partial charge in [-0.05, 0) is 5.56 Å². The van der Waals surface area contributed by atoms with Crippen molar-refractivity contribution in [1.29, 1.82) is 0 Å². The van der Waals surface area contributed by atoms with Crippen LogP contribution >= 0.6 is 0 Å². The van der Waals surface area contributed by atoms with Gasteiger partial charge in [0, 0.05) is 32.0 Å². The van der Waals surface area contributed by atoms with Gasteiger partial charge in [0.05, 0.1) is 25.5 Å². The predicted octanol–water partition coefficient (Wildman–Crippen LogP) is 1.28. The van der Waals surface area contributed by atoms with Crippen LogP contribution in [-0.4, -0.2) is 53.6 Å². The standard InChI is InChI=1S/C17H20N4O2/c22-17(15-12-18-6-7-19-15)20-13-16(14-4-2-1-3-5-14)21-8-10-23-11-9-21/h1-7,12,16H,8-11,13H2,(H,20,22). The third-order valence-electron chi connectivity index (χ3n) is 3.92. The van der Waals surface area contributed by atoms with Crippen molar-refractivity contribution < 1.29 is 9.53 Å². The van der Waals surface area contributed by atoms with E-state index in [-0.39, 0.29) is 11.9 Å². The molecule has 1 aromatic heterocycles. The highest BCUT2D eigenvalue weighted by Crippen LogP contribution is 2.21. The number of hydrogen-bond acceptors (Lipinski definition) is 5. The van der Waals surface area contributed by atoms with E-state index in [0.717, 1.165) is 26.3 Å². The molecule has 2 aromatic rings. The minimum Gasteiger partial charge on any atom is -0.379 e. The summed E-state index contributed by atoms with van der Waals surface area (Å²) in [6.45, 7) is 3.70. The van der Waals surface area contributed by atoms with Gasteiger partial charge >= 0.3 is 0 Å². The van der Waals surface area contributed by atoms with Gasteiger partial charge in [0.2, 0.25) is 0 Å². The van der Waals surface area contributed by atoms with Crippen molar-refractivity contribution in [2.45, 2.75) is 6.04 Å². The normalized spacial score (nSPS) is 16.7. The Balaban J connectivity index is 1.70. The molecular formula is C17H20N4O2. The highest BCUT2D eigenvalue weighted by Gasteiger charge is 2.23. The van der Waals surface area contributed by atoms with E-state index in [1.807, 2.05) is 18.2 Å². The molecule has 120 valence electrons. The van der Waals surface area contributed by atoms with Crippen LogP contribution in [0.15, 0.2) is 48.9 Å². The van der Waals surface area contributed by atoms with Crippen LogP contribution in [0.2, 0.25) is 0 Å². The second-order valence-electron chi connectivity index (χ2n) is 5.38. The van der Waals surface area contributed by atoms with Crippen molar-refractivity contribution in [3.8, 4) is 0 Å². The Labute approximate surface area is 135 Å². The van der Waals surface area contributed by atoms with Crippen LogP contribution in [-0.2, 0) is 4.74 Å². The van der Waals surface area contributed by atoms with Crippen LogP contribution in [0, 0.1) is 0 Å². The number of carbonyl (C=O) groups excluding carboxylic acids is 1. The lowest BCUT2D eigenvalue weighted by molar-refractivity contribution is 0.0162. The average Bonchev–Trinajstić information content (AvgIpc) is 2.64. The van der Waals surface area contributed by atoms with Gasteiger partial charge in [-0.2, -0.15) is 0 Å². The van der Waals surface area contributed by atoms with Gasteiger partial charge in [0.25, 0.3) is 5.91 Å². The van der Waals surface area contributed by atoms with Crippen molar-refractivity contribution in [3.63, 3.8) is 0 Å². The highest BCUT2D eigenvalue weighted by atomic mass is 16.5. The zero-order valence-electron chi connectivity index (χ0n) is 12.9. The lowest BCUT2D eigenvalue weighted by Crippen LogP contribution is -2.43. The van der Waals surface area contributed by atoms with Crippen molar-refractivity contribution in [1.82, 2.24) is 20.2 Å². The van der Waals surface area contributed by atoms with Crippen molar-refractivity contribution in [2.24, 2.45) is 0 Å². The number of benzene rings is 1. The molecule has 0 aliphatic carbocycles. The molecule has 6 heteroatoms. The van der Waals surface area contributed by atoms with E-state index < -0.39 is 0 Å². The van der Waals surface area contributed by atoms with Crippen LogP contribution in [0.4, 0.5) is 0 Å². The minimum absolute atomic E-state index is 0.126. The second kappa shape index (κ2) is 7.80. The molecule has 0 spiro atoms. The van der Waals surface area contributed by atoms with E-state index in [2.05, 4.69) is 32.3 Å². The molecule has 1 fully saturated rings. The third kappa shape index (κ3) is 4.12. The summed E-state index contributed by atoms with van der Waals surface area (Å²) in [6.07, 6.45) is 4.55. The lowest BCUT2D eigenvalue weighted by Gasteiger charge is -2.34. The summed E-state index contributed by atoms with van der Waals surface area (Å²) < 4.78 is 5.43. The molecule has 2 heterocycles. The Hall–Kier alpha value is -2.31. The van der Waals surface area contributed by atoms with Crippen LogP contribution in [0.25, 0.3) is 0 Å². The number of nitrogens with zero attached hydrogens (tertiary/aromatic N) is 3. The Kier molecular flexibility index (Phi) is 5.29. The van der Waals surface area contributed by atoms with Crippen molar-refractivity contribution >= 4 is 5.91 Å². The maximum absolute atomic E-state index is 12.2. The molecule has 1 aromatic carbocycles. The van der Waals surface area contributed by atoms with E-state index in [1.54, 1.807) is 6.20 Å². The molecule has 3 rings (SSSR count). The molecule has 1 aliphatic rings. The summed E-state index contributed by atoms with van der Waals surface area (Å²) in [5, 5.41) is 2.97. The smallest absolute Gasteiger partial charge is 0.271 e. The van der Waals surface area contributed by atoms with E-state index in [9.17, 15) is 4.79 Å². The summed E-state index contributed by atoms with van der Waals surface area (Å²) >= 11 is 0. The van der Waals surface area contributed by atoms with Crippen LogP contribution in [0.3, 0.4) is 0 Å². The summed E-state index contributed by atoms with van der Waals surface area (Å²) in [7, 11) is 0. The number of carbonyl (C=O) groups is 1. The molecule has 1 aliphatic heterocycles. The van der Waals surface area contributed by atoms with E-state index in [4.69, 9.17) is 4.74 Å². The van der Waals surface area contributed by atoms with E-state index in [0.29, 0.717) is 12.2 Å². The summed E-state index contributed by atoms with van der Waals surface area (Å²) in [6, 6.07) is 10.3. The summed E-state index contributed by atoms with van der Waals surface area (Å²) in [4.78, 5) is 22.5. The fraction of sp³-hybridized carbons (Fsp3) is 0.353. The first-order valence-electron chi connectivity index (χ1n) is 7.75. The number of amides is 1. The first kappa shape index (κ1) is 15.6. The molecule has 6 nitrogen and oxygen atoms in total. The molecular weight excluding hydrogens is 292 g/mol. The Bertz CT molecular complexity index is 615. The van der Waals surface area contributed by atoms with Crippen LogP contribution < -0.4 is 5.32 Å². The monoisotopic (exact) mass is 312 g/mol. The molecule has 1 saturated heterocycles. The van der Waals surface area contributed by atoms with Gasteiger partial charge in [-0.3, -0.25) is 14.7 Å². The molecule has 0 radical (unpaired) electrons. The van der Waals surface area contributed by atoms with Gasteiger partial charge < -0.3 is 10.1 Å². The Morgan fingerprint density at radius 3 is 2.70 bits per heavy atom. The van der Waals surface area contributed by atoms with Gasteiger partial charge in [0.1, 0.15) is 5.69 Å². The number of ether oxygens (including phenoxy) is 1. The van der Waals surface area contributed by atoms with E-state index in [1.165, 1.54) is 18.0 Å². The number of morpholine rings is 1. The van der Waals surface area contributed by atoms with Crippen LogP contribution in [0.1, 0.15) is 22.1 Å². The number of rotatable bonds is 5.